The van der Waals surface area contributed by atoms with Crippen molar-refractivity contribution in [2.75, 3.05) is 24.5 Å². The molecule has 1 amide bonds. The summed E-state index contributed by atoms with van der Waals surface area (Å²) in [5, 5.41) is 2.74. The monoisotopic (exact) mass is 408 g/mol. The largest absolute Gasteiger partial charge is 0.484 e. The molecule has 150 valence electrons. The van der Waals surface area contributed by atoms with Crippen molar-refractivity contribution in [3.63, 3.8) is 0 Å². The zero-order valence-electron chi connectivity index (χ0n) is 15.1. The van der Waals surface area contributed by atoms with Crippen LogP contribution in [0.4, 0.5) is 10.1 Å². The van der Waals surface area contributed by atoms with Crippen LogP contribution in [0, 0.1) is 5.82 Å². The molecule has 1 heterocycles. The molecule has 1 aliphatic rings. The van der Waals surface area contributed by atoms with Crippen molar-refractivity contribution in [3.8, 4) is 5.75 Å². The Labute approximate surface area is 162 Å². The maximum absolute atomic E-state index is 12.9. The maximum Gasteiger partial charge on any atom is 0.261 e. The second-order valence-electron chi connectivity index (χ2n) is 6.31. The molecule has 2 N–H and O–H groups in total. The van der Waals surface area contributed by atoms with E-state index in [1.54, 1.807) is 0 Å². The van der Waals surface area contributed by atoms with Gasteiger partial charge in [-0.2, -0.15) is 0 Å². The summed E-state index contributed by atoms with van der Waals surface area (Å²) in [6.07, 6.45) is 1.99. The van der Waals surface area contributed by atoms with Crippen LogP contribution >= 0.6 is 0 Å². The van der Waals surface area contributed by atoms with Crippen LogP contribution in [0.2, 0.25) is 0 Å². The van der Waals surface area contributed by atoms with Gasteiger partial charge in [-0.25, -0.2) is 12.8 Å². The molecular weight excluding hydrogens is 387 g/mol. The van der Waals surface area contributed by atoms with Gasteiger partial charge in [0.05, 0.1) is 11.0 Å². The lowest BCUT2D eigenvalue weighted by Gasteiger charge is -2.12. The third-order valence-corrected chi connectivity index (χ3v) is 5.55. The van der Waals surface area contributed by atoms with Gasteiger partial charge in [-0.15, -0.1) is 0 Å². The number of nitrogens with one attached hydrogen (secondary N) is 2. The molecule has 2 aromatic rings. The van der Waals surface area contributed by atoms with Crippen LogP contribution in [0.3, 0.4) is 0 Å². The second kappa shape index (κ2) is 9.03. The number of anilines is 1. The topological polar surface area (TPSA) is 93.7 Å². The second-order valence-corrected chi connectivity index (χ2v) is 7.99. The van der Waals surface area contributed by atoms with Crippen LogP contribution in [0.5, 0.6) is 5.75 Å². The number of amides is 1. The smallest absolute Gasteiger partial charge is 0.261 e. The van der Waals surface area contributed by atoms with Crippen molar-refractivity contribution in [2.45, 2.75) is 23.8 Å². The van der Waals surface area contributed by atoms with Crippen molar-refractivity contribution in [2.24, 2.45) is 0 Å². The standard InChI is InChI=1S/C19H21FN2O5S/c20-14-3-5-15(6-4-14)22-28(24,25)18-9-7-16(8-10-18)27-13-19(23)21-12-17-2-1-11-26-17/h3-10,17,22H,1-2,11-13H2,(H,21,23)/t17-/m0/s1. The molecule has 0 bridgehead atoms. The minimum absolute atomic E-state index is 0.0204. The summed E-state index contributed by atoms with van der Waals surface area (Å²) in [5.74, 6) is -0.359. The molecule has 0 radical (unpaired) electrons. The van der Waals surface area contributed by atoms with Crippen molar-refractivity contribution in [1.82, 2.24) is 5.32 Å². The minimum Gasteiger partial charge on any atom is -0.484 e. The van der Waals surface area contributed by atoms with Gasteiger partial charge >= 0.3 is 0 Å². The fourth-order valence-corrected chi connectivity index (χ4v) is 3.74. The van der Waals surface area contributed by atoms with Crippen molar-refractivity contribution in [3.05, 3.63) is 54.3 Å². The number of hydrogen-bond donors (Lipinski definition) is 2. The predicted octanol–water partition coefficient (Wildman–Crippen LogP) is 2.30. The number of carbonyl (C=O) groups excluding carboxylic acids is 1. The van der Waals surface area contributed by atoms with Gasteiger partial charge in [-0.3, -0.25) is 9.52 Å². The van der Waals surface area contributed by atoms with E-state index in [-0.39, 0.29) is 29.2 Å². The maximum atomic E-state index is 12.9. The average Bonchev–Trinajstić information content (AvgIpc) is 3.20. The van der Waals surface area contributed by atoms with E-state index in [1.807, 2.05) is 0 Å². The lowest BCUT2D eigenvalue weighted by atomic mass is 10.2. The van der Waals surface area contributed by atoms with E-state index >= 15 is 0 Å². The Morgan fingerprint density at radius 3 is 2.50 bits per heavy atom. The molecule has 0 aliphatic carbocycles. The Hall–Kier alpha value is -2.65. The SMILES string of the molecule is O=C(COc1ccc(S(=O)(=O)Nc2ccc(F)cc2)cc1)NC[C@@H]1CCCO1. The molecule has 0 saturated carbocycles. The van der Waals surface area contributed by atoms with Crippen LogP contribution in [-0.4, -0.2) is 40.2 Å². The Morgan fingerprint density at radius 2 is 1.86 bits per heavy atom. The number of carbonyl (C=O) groups is 1. The van der Waals surface area contributed by atoms with Crippen LogP contribution in [0.1, 0.15) is 12.8 Å². The van der Waals surface area contributed by atoms with Crippen molar-refractivity contribution < 1.29 is 27.1 Å². The zero-order chi connectivity index (χ0) is 20.0. The molecule has 1 saturated heterocycles. The van der Waals surface area contributed by atoms with Crippen molar-refractivity contribution >= 4 is 21.6 Å². The number of rotatable bonds is 8. The van der Waals surface area contributed by atoms with E-state index in [4.69, 9.17) is 9.47 Å². The van der Waals surface area contributed by atoms with E-state index in [1.165, 1.54) is 48.5 Å². The molecule has 0 aromatic heterocycles. The molecule has 28 heavy (non-hydrogen) atoms. The van der Waals surface area contributed by atoms with Crippen LogP contribution in [0.15, 0.2) is 53.4 Å². The summed E-state index contributed by atoms with van der Waals surface area (Å²) in [6, 6.07) is 10.7. The molecule has 3 rings (SSSR count). The summed E-state index contributed by atoms with van der Waals surface area (Å²) in [5.41, 5.74) is 0.254. The molecule has 1 aliphatic heterocycles. The van der Waals surface area contributed by atoms with Gasteiger partial charge < -0.3 is 14.8 Å². The summed E-state index contributed by atoms with van der Waals surface area (Å²) < 4.78 is 50.8. The van der Waals surface area contributed by atoms with Gasteiger partial charge in [0.15, 0.2) is 6.61 Å². The van der Waals surface area contributed by atoms with E-state index in [0.29, 0.717) is 12.3 Å². The van der Waals surface area contributed by atoms with E-state index in [2.05, 4.69) is 10.0 Å². The number of benzene rings is 2. The van der Waals surface area contributed by atoms with Crippen LogP contribution < -0.4 is 14.8 Å². The highest BCUT2D eigenvalue weighted by Gasteiger charge is 2.17. The molecule has 0 spiro atoms. The van der Waals surface area contributed by atoms with Crippen LogP contribution in [-0.2, 0) is 19.6 Å². The minimum atomic E-state index is -3.81. The Balaban J connectivity index is 1.50. The molecule has 2 aromatic carbocycles. The third kappa shape index (κ3) is 5.67. The summed E-state index contributed by atoms with van der Waals surface area (Å²) in [6.45, 7) is 1.00. The lowest BCUT2D eigenvalue weighted by molar-refractivity contribution is -0.123. The lowest BCUT2D eigenvalue weighted by Crippen LogP contribution is -2.35. The normalized spacial score (nSPS) is 16.5. The average molecular weight is 408 g/mol. The highest BCUT2D eigenvalue weighted by molar-refractivity contribution is 7.92. The summed E-state index contributed by atoms with van der Waals surface area (Å²) in [7, 11) is -3.81. The molecule has 7 nitrogen and oxygen atoms in total. The molecule has 1 fully saturated rings. The van der Waals surface area contributed by atoms with Gasteiger partial charge in [-0.1, -0.05) is 0 Å². The van der Waals surface area contributed by atoms with Gasteiger partial charge in [-0.05, 0) is 61.4 Å². The number of halogens is 1. The number of ether oxygens (including phenoxy) is 2. The van der Waals surface area contributed by atoms with E-state index < -0.39 is 15.8 Å². The highest BCUT2D eigenvalue weighted by atomic mass is 32.2. The molecule has 1 atom stereocenters. The predicted molar refractivity (Wildman–Crippen MR) is 101 cm³/mol. The van der Waals surface area contributed by atoms with Gasteiger partial charge in [0.2, 0.25) is 0 Å². The van der Waals surface area contributed by atoms with Crippen molar-refractivity contribution in [1.29, 1.82) is 0 Å². The Bertz CT molecular complexity index is 895. The number of sulfonamides is 1. The Morgan fingerprint density at radius 1 is 1.14 bits per heavy atom. The number of hydrogen-bond acceptors (Lipinski definition) is 5. The first-order valence-electron chi connectivity index (χ1n) is 8.82. The first kappa shape index (κ1) is 20.1. The molecule has 9 heteroatoms. The quantitative estimate of drug-likeness (QED) is 0.699. The van der Waals surface area contributed by atoms with Gasteiger partial charge in [0.1, 0.15) is 11.6 Å². The molecule has 0 unspecified atom stereocenters. The first-order valence-corrected chi connectivity index (χ1v) is 10.3. The van der Waals surface area contributed by atoms with Gasteiger partial charge in [0, 0.05) is 18.8 Å². The third-order valence-electron chi connectivity index (χ3n) is 4.15. The first-order chi connectivity index (χ1) is 13.4. The Kier molecular flexibility index (Phi) is 6.48. The fraction of sp³-hybridized carbons (Fsp3) is 0.316. The molecular formula is C19H21FN2O5S. The van der Waals surface area contributed by atoms with Crippen LogP contribution in [0.25, 0.3) is 0 Å². The highest BCUT2D eigenvalue weighted by Crippen LogP contribution is 2.19. The van der Waals surface area contributed by atoms with Gasteiger partial charge in [0.25, 0.3) is 15.9 Å². The zero-order valence-corrected chi connectivity index (χ0v) is 15.9. The summed E-state index contributed by atoms with van der Waals surface area (Å²) >= 11 is 0. The van der Waals surface area contributed by atoms with E-state index in [0.717, 1.165) is 19.4 Å². The summed E-state index contributed by atoms with van der Waals surface area (Å²) in [4.78, 5) is 11.8. The fourth-order valence-electron chi connectivity index (χ4n) is 2.68. The van der Waals surface area contributed by atoms with E-state index in [9.17, 15) is 17.6 Å².